The lowest BCUT2D eigenvalue weighted by molar-refractivity contribution is 0.196. The largest absolute Gasteiger partial charge is 0.432 e. The van der Waals surface area contributed by atoms with Crippen molar-refractivity contribution in [1.82, 2.24) is 9.88 Å². The van der Waals surface area contributed by atoms with Crippen LogP contribution in [0.1, 0.15) is 43.6 Å². The Balaban J connectivity index is 1.89. The number of carbonyl (C=O) groups excluding carboxylic acids is 1. The van der Waals surface area contributed by atoms with E-state index in [1.165, 1.54) is 6.07 Å². The van der Waals surface area contributed by atoms with E-state index in [0.717, 1.165) is 29.8 Å². The van der Waals surface area contributed by atoms with E-state index in [1.807, 2.05) is 44.0 Å². The van der Waals surface area contributed by atoms with Crippen LogP contribution in [0.2, 0.25) is 18.1 Å². The van der Waals surface area contributed by atoms with E-state index in [1.54, 1.807) is 17.0 Å². The van der Waals surface area contributed by atoms with Crippen LogP contribution in [0.3, 0.4) is 0 Å². The number of aromatic nitrogens is 1. The van der Waals surface area contributed by atoms with E-state index < -0.39 is 14.1 Å². The van der Waals surface area contributed by atoms with E-state index in [4.69, 9.17) is 0 Å². The molecule has 0 saturated carbocycles. The summed E-state index contributed by atoms with van der Waals surface area (Å²) in [7, 11) is -2.36. The minimum atomic E-state index is -2.36. The zero-order chi connectivity index (χ0) is 23.8. The molecule has 5 nitrogen and oxygen atoms in total. The van der Waals surface area contributed by atoms with Gasteiger partial charge in [-0.15, -0.1) is 0 Å². The van der Waals surface area contributed by atoms with Crippen LogP contribution in [-0.4, -0.2) is 41.6 Å². The number of amides is 2. The predicted octanol–water partition coefficient (Wildman–Crippen LogP) is 6.17. The second-order valence-electron chi connectivity index (χ2n) is 10.0. The number of rotatable bonds is 7. The maximum absolute atomic E-state index is 14.2. The number of benzene rings is 1. The van der Waals surface area contributed by atoms with Crippen molar-refractivity contribution in [2.45, 2.75) is 71.3 Å². The van der Waals surface area contributed by atoms with E-state index in [-0.39, 0.29) is 17.1 Å². The minimum absolute atomic E-state index is 0.0487. The summed E-state index contributed by atoms with van der Waals surface area (Å²) in [5, 5.41) is -0.184. The molecule has 1 saturated heterocycles. The Bertz CT molecular complexity index is 989. The molecule has 0 bridgehead atoms. The number of aryl methyl sites for hydroxylation is 2. The Morgan fingerprint density at radius 1 is 1.25 bits per heavy atom. The van der Waals surface area contributed by atoms with E-state index in [2.05, 4.69) is 34.8 Å². The van der Waals surface area contributed by atoms with Crippen molar-refractivity contribution >= 4 is 36.0 Å². The first-order valence-corrected chi connectivity index (χ1v) is 14.7. The van der Waals surface area contributed by atoms with Crippen molar-refractivity contribution in [2.75, 3.05) is 11.4 Å². The zero-order valence-corrected chi connectivity index (χ0v) is 22.3. The van der Waals surface area contributed by atoms with E-state index in [0.29, 0.717) is 23.2 Å². The van der Waals surface area contributed by atoms with Crippen LogP contribution >= 0.6 is 15.9 Å². The van der Waals surface area contributed by atoms with Crippen LogP contribution in [0.4, 0.5) is 14.9 Å². The molecule has 1 fully saturated rings. The first-order chi connectivity index (χ1) is 14.8. The highest BCUT2D eigenvalue weighted by Crippen LogP contribution is 2.41. The smallest absolute Gasteiger partial charge is 0.325 e. The van der Waals surface area contributed by atoms with Gasteiger partial charge in [-0.1, -0.05) is 13.8 Å². The molecular weight excluding hydrogens is 489 g/mol. The highest BCUT2D eigenvalue weighted by Gasteiger charge is 2.42. The molecule has 1 aliphatic rings. The molecule has 0 aliphatic carbocycles. The highest BCUT2D eigenvalue weighted by atomic mass is 79.9. The number of carbonyl (C=O) groups is 1. The number of hydrogen-bond donors (Lipinski definition) is 1. The standard InChI is InChI=1S/C24H33BrFN3O2Si/c1-16-11-17(2)27-18(12-16)14-28-20(9-10-24(3,4)32(5,6)31)15-29(23(28)30)19-7-8-21(25)22(26)13-19/h7-8,11-13,20,31H,9-10,14-15H2,1-6H3. The average Bonchev–Trinajstić information content (AvgIpc) is 2.96. The molecule has 0 spiro atoms. The van der Waals surface area contributed by atoms with Gasteiger partial charge >= 0.3 is 6.03 Å². The maximum Gasteiger partial charge on any atom is 0.325 e. The lowest BCUT2D eigenvalue weighted by Crippen LogP contribution is -2.41. The summed E-state index contributed by atoms with van der Waals surface area (Å²) in [5.74, 6) is -0.393. The number of urea groups is 1. The Hall–Kier alpha value is -1.77. The summed E-state index contributed by atoms with van der Waals surface area (Å²) in [4.78, 5) is 32.3. The first kappa shape index (κ1) is 24.9. The van der Waals surface area contributed by atoms with Crippen molar-refractivity contribution < 1.29 is 14.0 Å². The number of pyridine rings is 1. The Labute approximate surface area is 199 Å². The van der Waals surface area contributed by atoms with Gasteiger partial charge in [-0.05, 0) is 96.6 Å². The van der Waals surface area contributed by atoms with Gasteiger partial charge in [-0.25, -0.2) is 9.18 Å². The van der Waals surface area contributed by atoms with Crippen LogP contribution in [0.5, 0.6) is 0 Å². The number of nitrogens with zero attached hydrogens (tertiary/aromatic N) is 3. The summed E-state index contributed by atoms with van der Waals surface area (Å²) in [6.07, 6.45) is 1.57. The van der Waals surface area contributed by atoms with Gasteiger partial charge in [0, 0.05) is 17.9 Å². The third-order valence-electron chi connectivity index (χ3n) is 6.77. The van der Waals surface area contributed by atoms with Crippen LogP contribution in [0.15, 0.2) is 34.8 Å². The molecule has 8 heteroatoms. The maximum atomic E-state index is 14.2. The summed E-state index contributed by atoms with van der Waals surface area (Å²) in [6.45, 7) is 13.0. The fraction of sp³-hybridized carbons (Fsp3) is 0.500. The topological polar surface area (TPSA) is 56.7 Å². The Morgan fingerprint density at radius 2 is 1.94 bits per heavy atom. The number of anilines is 1. The van der Waals surface area contributed by atoms with Gasteiger partial charge in [0.05, 0.1) is 22.8 Å². The third-order valence-corrected chi connectivity index (χ3v) is 11.0. The van der Waals surface area contributed by atoms with Crippen LogP contribution in [-0.2, 0) is 6.54 Å². The van der Waals surface area contributed by atoms with Crippen molar-refractivity contribution in [2.24, 2.45) is 0 Å². The molecular formula is C24H33BrFN3O2Si. The molecule has 1 aromatic carbocycles. The molecule has 1 aromatic heterocycles. The van der Waals surface area contributed by atoms with Crippen molar-refractivity contribution in [3.8, 4) is 0 Å². The van der Waals surface area contributed by atoms with Crippen molar-refractivity contribution in [3.05, 3.63) is 57.6 Å². The quantitative estimate of drug-likeness (QED) is 0.443. The van der Waals surface area contributed by atoms with Crippen LogP contribution in [0, 0.1) is 19.7 Å². The second-order valence-corrected chi connectivity index (χ2v) is 15.4. The van der Waals surface area contributed by atoms with Gasteiger partial charge in [0.25, 0.3) is 0 Å². The number of hydrogen-bond acceptors (Lipinski definition) is 3. The fourth-order valence-electron chi connectivity index (χ4n) is 4.03. The monoisotopic (exact) mass is 521 g/mol. The summed E-state index contributed by atoms with van der Waals surface area (Å²) in [6, 6.07) is 8.61. The molecule has 3 rings (SSSR count). The Morgan fingerprint density at radius 3 is 2.53 bits per heavy atom. The SMILES string of the molecule is Cc1cc(C)nc(CN2C(=O)N(c3ccc(Br)c(F)c3)CC2CCC(C)(C)[Si](C)(C)O)c1. The normalized spacial score (nSPS) is 17.4. The van der Waals surface area contributed by atoms with Gasteiger partial charge in [0.1, 0.15) is 5.82 Å². The summed E-state index contributed by atoms with van der Waals surface area (Å²) < 4.78 is 14.6. The van der Waals surface area contributed by atoms with Crippen LogP contribution in [0.25, 0.3) is 0 Å². The Kier molecular flexibility index (Phi) is 7.17. The van der Waals surface area contributed by atoms with Crippen molar-refractivity contribution in [1.29, 1.82) is 0 Å². The molecule has 32 heavy (non-hydrogen) atoms. The summed E-state index contributed by atoms with van der Waals surface area (Å²) in [5.41, 5.74) is 3.43. The zero-order valence-electron chi connectivity index (χ0n) is 19.7. The molecule has 1 N–H and O–H groups in total. The van der Waals surface area contributed by atoms with Gasteiger partial charge in [-0.2, -0.15) is 0 Å². The van der Waals surface area contributed by atoms with Gasteiger partial charge in [0.15, 0.2) is 8.32 Å². The van der Waals surface area contributed by atoms with E-state index in [9.17, 15) is 14.0 Å². The van der Waals surface area contributed by atoms with E-state index >= 15 is 0 Å². The summed E-state index contributed by atoms with van der Waals surface area (Å²) >= 11 is 3.18. The second kappa shape index (κ2) is 9.23. The lowest BCUT2D eigenvalue weighted by Gasteiger charge is -2.36. The van der Waals surface area contributed by atoms with Crippen LogP contribution < -0.4 is 4.90 Å². The predicted molar refractivity (Wildman–Crippen MR) is 133 cm³/mol. The molecule has 1 unspecified atom stereocenters. The third kappa shape index (κ3) is 5.40. The fourth-order valence-corrected chi connectivity index (χ4v) is 5.03. The number of halogens is 2. The molecule has 2 aromatic rings. The molecule has 0 radical (unpaired) electrons. The molecule has 1 atom stereocenters. The molecule has 1 aliphatic heterocycles. The lowest BCUT2D eigenvalue weighted by atomic mass is 10.0. The first-order valence-electron chi connectivity index (χ1n) is 11.0. The average molecular weight is 523 g/mol. The van der Waals surface area contributed by atoms with Gasteiger partial charge < -0.3 is 9.70 Å². The molecule has 174 valence electrons. The minimum Gasteiger partial charge on any atom is -0.432 e. The molecule has 2 heterocycles. The highest BCUT2D eigenvalue weighted by molar-refractivity contribution is 9.10. The van der Waals surface area contributed by atoms with Gasteiger partial charge in [0.2, 0.25) is 0 Å². The van der Waals surface area contributed by atoms with Crippen molar-refractivity contribution in [3.63, 3.8) is 0 Å². The molecule has 2 amide bonds. The van der Waals surface area contributed by atoms with Gasteiger partial charge in [-0.3, -0.25) is 9.88 Å².